The number of benzene rings is 2. The maximum Gasteiger partial charge on any atom is 0.255 e. The largest absolute Gasteiger partial charge is 0.497 e. The van der Waals surface area contributed by atoms with Crippen LogP contribution in [-0.4, -0.2) is 35.9 Å². The smallest absolute Gasteiger partial charge is 0.255 e. The van der Waals surface area contributed by atoms with Gasteiger partial charge >= 0.3 is 0 Å². The summed E-state index contributed by atoms with van der Waals surface area (Å²) >= 11 is 0. The van der Waals surface area contributed by atoms with E-state index in [-0.39, 0.29) is 24.2 Å². The minimum absolute atomic E-state index is 0. The Bertz CT molecular complexity index is 928. The number of rotatable bonds is 8. The van der Waals surface area contributed by atoms with Gasteiger partial charge in [0.25, 0.3) is 5.91 Å². The Hall–Kier alpha value is -2.83. The average molecular weight is 415 g/mol. The summed E-state index contributed by atoms with van der Waals surface area (Å²) in [6, 6.07) is 17.6. The molecule has 0 bridgehead atoms. The summed E-state index contributed by atoms with van der Waals surface area (Å²) in [5, 5.41) is 7.66. The Kier molecular flexibility index (Phi) is 8.24. The van der Waals surface area contributed by atoms with Gasteiger partial charge in [-0.15, -0.1) is 12.4 Å². The zero-order valence-corrected chi connectivity index (χ0v) is 17.5. The topological polar surface area (TPSA) is 82.2 Å². The number of nitrogens with one attached hydrogen (secondary N) is 1. The number of halogens is 1. The minimum Gasteiger partial charge on any atom is -0.497 e. The van der Waals surface area contributed by atoms with Crippen molar-refractivity contribution < 1.29 is 9.53 Å². The van der Waals surface area contributed by atoms with Crippen LogP contribution >= 0.6 is 12.4 Å². The molecule has 1 heterocycles. The van der Waals surface area contributed by atoms with E-state index in [0.717, 1.165) is 16.9 Å². The summed E-state index contributed by atoms with van der Waals surface area (Å²) in [5.41, 5.74) is 8.78. The number of hydrogen-bond acceptors (Lipinski definition) is 4. The number of aromatic nitrogens is 2. The van der Waals surface area contributed by atoms with Crippen LogP contribution in [0.1, 0.15) is 22.8 Å². The van der Waals surface area contributed by atoms with Crippen LogP contribution in [0.25, 0.3) is 11.3 Å². The summed E-state index contributed by atoms with van der Waals surface area (Å²) in [5.74, 6) is 0.777. The Labute approximate surface area is 177 Å². The maximum atomic E-state index is 12.8. The van der Waals surface area contributed by atoms with Crippen molar-refractivity contribution >= 4 is 18.3 Å². The lowest BCUT2D eigenvalue weighted by Gasteiger charge is -2.10. The highest BCUT2D eigenvalue weighted by molar-refractivity contribution is 5.99. The number of ether oxygens (including phenoxy) is 1. The van der Waals surface area contributed by atoms with Crippen LogP contribution in [0.15, 0.2) is 60.8 Å². The van der Waals surface area contributed by atoms with Crippen molar-refractivity contribution in [1.29, 1.82) is 0 Å². The highest BCUT2D eigenvalue weighted by Crippen LogP contribution is 2.26. The second-order valence-corrected chi connectivity index (χ2v) is 6.86. The van der Waals surface area contributed by atoms with Crippen molar-refractivity contribution in [1.82, 2.24) is 15.1 Å². The Balaban J connectivity index is 0.00000300. The maximum absolute atomic E-state index is 12.8. The first kappa shape index (κ1) is 22.5. The molecule has 1 aromatic heterocycles. The van der Waals surface area contributed by atoms with Crippen molar-refractivity contribution in [2.45, 2.75) is 13.5 Å². The van der Waals surface area contributed by atoms with E-state index in [1.54, 1.807) is 18.0 Å². The monoisotopic (exact) mass is 414 g/mol. The fourth-order valence-electron chi connectivity index (χ4n) is 2.87. The quantitative estimate of drug-likeness (QED) is 0.592. The fraction of sp³-hybridized carbons (Fsp3) is 0.273. The second-order valence-electron chi connectivity index (χ2n) is 6.86. The molecule has 3 aromatic rings. The highest BCUT2D eigenvalue weighted by atomic mass is 35.5. The number of amides is 1. The molecule has 6 nitrogen and oxygen atoms in total. The molecule has 0 fully saturated rings. The fourth-order valence-corrected chi connectivity index (χ4v) is 2.87. The van der Waals surface area contributed by atoms with Crippen molar-refractivity contribution in [3.63, 3.8) is 0 Å². The van der Waals surface area contributed by atoms with Crippen molar-refractivity contribution in [3.05, 3.63) is 71.9 Å². The number of methoxy groups -OCH3 is 1. The van der Waals surface area contributed by atoms with Gasteiger partial charge in [0.1, 0.15) is 11.4 Å². The molecule has 1 atom stereocenters. The molecule has 3 N–H and O–H groups in total. The van der Waals surface area contributed by atoms with E-state index in [1.165, 1.54) is 0 Å². The van der Waals surface area contributed by atoms with Crippen LogP contribution in [0, 0.1) is 5.92 Å². The molecular weight excluding hydrogens is 388 g/mol. The molecule has 0 aliphatic heterocycles. The zero-order chi connectivity index (χ0) is 19.9. The molecule has 0 saturated heterocycles. The van der Waals surface area contributed by atoms with E-state index in [9.17, 15) is 4.79 Å². The molecule has 1 amide bonds. The molecule has 3 rings (SSSR count). The normalized spacial score (nSPS) is 11.4. The molecule has 0 spiro atoms. The number of nitrogens with zero attached hydrogens (tertiary/aromatic N) is 2. The van der Waals surface area contributed by atoms with Gasteiger partial charge in [-0.25, -0.2) is 0 Å². The standard InChI is InChI=1S/C22H26N4O2.ClH/c1-16(12-23)13-24-22(27)20-15-26(14-17-7-4-3-5-8-17)25-21(20)18-9-6-10-19(11-18)28-2;/h3-11,15-16H,12-14,23H2,1-2H3,(H,24,27);1H. The molecule has 0 radical (unpaired) electrons. The van der Waals surface area contributed by atoms with Crippen LogP contribution in [0.4, 0.5) is 0 Å². The number of hydrogen-bond donors (Lipinski definition) is 2. The number of carbonyl (C=O) groups excluding carboxylic acids is 1. The lowest BCUT2D eigenvalue weighted by Crippen LogP contribution is -2.31. The SMILES string of the molecule is COc1cccc(-c2nn(Cc3ccccc3)cc2C(=O)NCC(C)CN)c1.Cl. The summed E-state index contributed by atoms with van der Waals surface area (Å²) < 4.78 is 7.12. The van der Waals surface area contributed by atoms with Gasteiger partial charge in [-0.3, -0.25) is 9.48 Å². The van der Waals surface area contributed by atoms with Crippen molar-refractivity contribution in [3.8, 4) is 17.0 Å². The molecule has 7 heteroatoms. The molecule has 154 valence electrons. The average Bonchev–Trinajstić information content (AvgIpc) is 3.16. The molecule has 0 aliphatic carbocycles. The first-order valence-corrected chi connectivity index (χ1v) is 9.34. The van der Waals surface area contributed by atoms with Crippen LogP contribution < -0.4 is 15.8 Å². The Morgan fingerprint density at radius 3 is 2.66 bits per heavy atom. The number of carbonyl (C=O) groups is 1. The van der Waals surface area contributed by atoms with Gasteiger partial charge in [-0.1, -0.05) is 49.4 Å². The van der Waals surface area contributed by atoms with Crippen LogP contribution in [0.5, 0.6) is 5.75 Å². The summed E-state index contributed by atoms with van der Waals surface area (Å²) in [7, 11) is 1.62. The van der Waals surface area contributed by atoms with E-state index in [1.807, 2.05) is 61.5 Å². The summed E-state index contributed by atoms with van der Waals surface area (Å²) in [6.45, 7) is 3.64. The lowest BCUT2D eigenvalue weighted by molar-refractivity contribution is 0.0949. The van der Waals surface area contributed by atoms with Crippen molar-refractivity contribution in [2.75, 3.05) is 20.2 Å². The molecule has 0 saturated carbocycles. The lowest BCUT2D eigenvalue weighted by atomic mass is 10.1. The van der Waals surface area contributed by atoms with Gasteiger partial charge < -0.3 is 15.8 Å². The van der Waals surface area contributed by atoms with Gasteiger partial charge in [0.15, 0.2) is 0 Å². The van der Waals surface area contributed by atoms with E-state index in [2.05, 4.69) is 5.32 Å². The van der Waals surface area contributed by atoms with Gasteiger partial charge in [-0.2, -0.15) is 5.10 Å². The van der Waals surface area contributed by atoms with Crippen LogP contribution in [0.2, 0.25) is 0 Å². The highest BCUT2D eigenvalue weighted by Gasteiger charge is 2.19. The van der Waals surface area contributed by atoms with Gasteiger partial charge in [0.2, 0.25) is 0 Å². The molecule has 29 heavy (non-hydrogen) atoms. The summed E-state index contributed by atoms with van der Waals surface area (Å²) in [6.07, 6.45) is 1.80. The third-order valence-corrected chi connectivity index (χ3v) is 4.55. The molecule has 1 unspecified atom stereocenters. The minimum atomic E-state index is -0.155. The van der Waals surface area contributed by atoms with E-state index in [4.69, 9.17) is 15.6 Å². The first-order valence-electron chi connectivity index (χ1n) is 9.34. The van der Waals surface area contributed by atoms with Crippen LogP contribution in [-0.2, 0) is 6.54 Å². The summed E-state index contributed by atoms with van der Waals surface area (Å²) in [4.78, 5) is 12.8. The van der Waals surface area contributed by atoms with Crippen molar-refractivity contribution in [2.24, 2.45) is 11.7 Å². The Morgan fingerprint density at radius 2 is 1.97 bits per heavy atom. The Morgan fingerprint density at radius 1 is 1.21 bits per heavy atom. The molecule has 2 aromatic carbocycles. The van der Waals surface area contributed by atoms with Gasteiger partial charge in [0, 0.05) is 18.3 Å². The van der Waals surface area contributed by atoms with Gasteiger partial charge in [0.05, 0.1) is 19.2 Å². The predicted molar refractivity (Wildman–Crippen MR) is 118 cm³/mol. The van der Waals surface area contributed by atoms with E-state index < -0.39 is 0 Å². The third-order valence-electron chi connectivity index (χ3n) is 4.55. The van der Waals surface area contributed by atoms with E-state index >= 15 is 0 Å². The molecule has 0 aliphatic rings. The van der Waals surface area contributed by atoms with Gasteiger partial charge in [-0.05, 0) is 30.2 Å². The second kappa shape index (κ2) is 10.6. The zero-order valence-electron chi connectivity index (χ0n) is 16.7. The van der Waals surface area contributed by atoms with Crippen LogP contribution in [0.3, 0.4) is 0 Å². The number of nitrogens with two attached hydrogens (primary N) is 1. The predicted octanol–water partition coefficient (Wildman–Crippen LogP) is 3.35. The third kappa shape index (κ3) is 5.82. The van der Waals surface area contributed by atoms with E-state index in [0.29, 0.717) is 30.9 Å². The molecular formula is C22H27ClN4O2. The first-order chi connectivity index (χ1) is 13.6.